The number of hydrogen-bond acceptors (Lipinski definition) is 6. The molecule has 0 unspecified atom stereocenters. The second-order valence-electron chi connectivity index (χ2n) is 5.95. The second kappa shape index (κ2) is 4.66. The van der Waals surface area contributed by atoms with Crippen molar-refractivity contribution in [2.24, 2.45) is 0 Å². The van der Waals surface area contributed by atoms with Gasteiger partial charge in [0.15, 0.2) is 5.89 Å². The van der Waals surface area contributed by atoms with Gasteiger partial charge in [0, 0.05) is 11.3 Å². The number of anilines is 1. The fraction of sp³-hybridized carbons (Fsp3) is 0.538. The third-order valence-corrected chi connectivity index (χ3v) is 4.23. The molecule has 0 radical (unpaired) electrons. The Morgan fingerprint density at radius 1 is 1.40 bits per heavy atom. The average Bonchev–Trinajstić information content (AvgIpc) is 2.91. The van der Waals surface area contributed by atoms with Crippen molar-refractivity contribution >= 4 is 22.4 Å². The van der Waals surface area contributed by atoms with Crippen LogP contribution in [0.15, 0.2) is 10.6 Å². The first-order chi connectivity index (χ1) is 9.43. The van der Waals surface area contributed by atoms with Crippen molar-refractivity contribution in [1.29, 1.82) is 0 Å². The average molecular weight is 292 g/mol. The van der Waals surface area contributed by atoms with Crippen LogP contribution in [0.4, 0.5) is 5.13 Å². The van der Waals surface area contributed by atoms with Gasteiger partial charge in [0.2, 0.25) is 10.9 Å². The van der Waals surface area contributed by atoms with E-state index in [1.54, 1.807) is 0 Å². The fourth-order valence-corrected chi connectivity index (χ4v) is 2.44. The molecule has 6 nitrogen and oxygen atoms in total. The van der Waals surface area contributed by atoms with E-state index in [1.807, 2.05) is 0 Å². The Kier molecular flexibility index (Phi) is 3.08. The van der Waals surface area contributed by atoms with Crippen molar-refractivity contribution in [3.63, 3.8) is 0 Å². The number of carbonyl (C=O) groups excluding carboxylic acids is 1. The second-order valence-corrected chi connectivity index (χ2v) is 6.93. The molecule has 106 valence electrons. The maximum absolute atomic E-state index is 12.0. The number of rotatable bonds is 3. The van der Waals surface area contributed by atoms with Gasteiger partial charge in [-0.05, 0) is 12.8 Å². The summed E-state index contributed by atoms with van der Waals surface area (Å²) in [6.45, 7) is 6.16. The lowest BCUT2D eigenvalue weighted by molar-refractivity contribution is 0.0995. The molecule has 0 aliphatic heterocycles. The molecule has 0 atom stereocenters. The Morgan fingerprint density at radius 3 is 2.75 bits per heavy atom. The standard InChI is InChI=1S/C13H16N4O2S/c1-13(2,3)11-16-17-12(20-11)15-9(18)8-6-14-10(19-8)7-4-5-7/h6-7H,4-5H2,1-3H3,(H,15,17,18). The van der Waals surface area contributed by atoms with E-state index < -0.39 is 0 Å². The van der Waals surface area contributed by atoms with Gasteiger partial charge in [0.25, 0.3) is 5.91 Å². The van der Waals surface area contributed by atoms with E-state index in [-0.39, 0.29) is 17.1 Å². The lowest BCUT2D eigenvalue weighted by Gasteiger charge is -2.12. The summed E-state index contributed by atoms with van der Waals surface area (Å²) < 4.78 is 5.45. The molecule has 2 aromatic rings. The van der Waals surface area contributed by atoms with E-state index in [0.717, 1.165) is 17.8 Å². The molecule has 3 rings (SSSR count). The minimum absolute atomic E-state index is 0.0774. The monoisotopic (exact) mass is 292 g/mol. The van der Waals surface area contributed by atoms with Crippen LogP contribution in [-0.2, 0) is 5.41 Å². The Hall–Kier alpha value is -1.76. The zero-order chi connectivity index (χ0) is 14.3. The molecule has 1 amide bonds. The largest absolute Gasteiger partial charge is 0.435 e. The SMILES string of the molecule is CC(C)(C)c1nnc(NC(=O)c2cnc(C3CC3)o2)s1. The predicted octanol–water partition coefficient (Wildman–Crippen LogP) is 2.95. The molecule has 0 aromatic carbocycles. The summed E-state index contributed by atoms with van der Waals surface area (Å²) in [5.41, 5.74) is -0.0774. The number of oxazole rings is 1. The zero-order valence-corrected chi connectivity index (χ0v) is 12.5. The van der Waals surface area contributed by atoms with E-state index in [4.69, 9.17) is 4.42 Å². The zero-order valence-electron chi connectivity index (χ0n) is 11.6. The Labute approximate surface area is 120 Å². The Morgan fingerprint density at radius 2 is 2.15 bits per heavy atom. The van der Waals surface area contributed by atoms with Gasteiger partial charge in [-0.1, -0.05) is 32.1 Å². The number of nitrogens with zero attached hydrogens (tertiary/aromatic N) is 3. The third kappa shape index (κ3) is 2.72. The highest BCUT2D eigenvalue weighted by Crippen LogP contribution is 2.39. The summed E-state index contributed by atoms with van der Waals surface area (Å²) in [5, 5.41) is 12.1. The fourth-order valence-electron chi connectivity index (χ4n) is 1.65. The predicted molar refractivity (Wildman–Crippen MR) is 75.0 cm³/mol. The number of nitrogens with one attached hydrogen (secondary N) is 1. The summed E-state index contributed by atoms with van der Waals surface area (Å²) in [6, 6.07) is 0. The quantitative estimate of drug-likeness (QED) is 0.940. The van der Waals surface area contributed by atoms with Crippen LogP contribution in [0.2, 0.25) is 0 Å². The number of carbonyl (C=O) groups is 1. The van der Waals surface area contributed by atoms with Crippen molar-refractivity contribution in [2.75, 3.05) is 5.32 Å². The first-order valence-electron chi connectivity index (χ1n) is 6.54. The van der Waals surface area contributed by atoms with Crippen molar-refractivity contribution in [1.82, 2.24) is 15.2 Å². The van der Waals surface area contributed by atoms with Gasteiger partial charge in [-0.2, -0.15) is 0 Å². The van der Waals surface area contributed by atoms with Gasteiger partial charge in [-0.3, -0.25) is 10.1 Å². The van der Waals surface area contributed by atoms with Crippen molar-refractivity contribution in [2.45, 2.75) is 44.9 Å². The number of aromatic nitrogens is 3. The first kappa shape index (κ1) is 13.2. The van der Waals surface area contributed by atoms with E-state index in [2.05, 4.69) is 41.3 Å². The Bertz CT molecular complexity index is 637. The smallest absolute Gasteiger partial charge is 0.294 e. The summed E-state index contributed by atoms with van der Waals surface area (Å²) in [6.07, 6.45) is 3.65. The van der Waals surface area contributed by atoms with Crippen molar-refractivity contribution in [3.8, 4) is 0 Å². The lowest BCUT2D eigenvalue weighted by atomic mass is 9.98. The van der Waals surface area contributed by atoms with Gasteiger partial charge in [0.1, 0.15) is 5.01 Å². The summed E-state index contributed by atoms with van der Waals surface area (Å²) in [5.74, 6) is 0.939. The minimum Gasteiger partial charge on any atom is -0.435 e. The van der Waals surface area contributed by atoms with Crippen LogP contribution >= 0.6 is 11.3 Å². The molecule has 1 fully saturated rings. The maximum atomic E-state index is 12.0. The molecule has 7 heteroatoms. The molecule has 0 saturated heterocycles. The van der Waals surface area contributed by atoms with Gasteiger partial charge in [0.05, 0.1) is 6.20 Å². The highest BCUT2D eigenvalue weighted by molar-refractivity contribution is 7.15. The maximum Gasteiger partial charge on any atom is 0.294 e. The number of hydrogen-bond donors (Lipinski definition) is 1. The van der Waals surface area contributed by atoms with Gasteiger partial charge < -0.3 is 4.42 Å². The molecular formula is C13H16N4O2S. The first-order valence-corrected chi connectivity index (χ1v) is 7.36. The molecular weight excluding hydrogens is 276 g/mol. The van der Waals surface area contributed by atoms with Crippen LogP contribution in [0.5, 0.6) is 0 Å². The van der Waals surface area contributed by atoms with E-state index in [1.165, 1.54) is 17.5 Å². The van der Waals surface area contributed by atoms with E-state index >= 15 is 0 Å². The molecule has 1 aliphatic rings. The van der Waals surface area contributed by atoms with Crippen LogP contribution in [-0.4, -0.2) is 21.1 Å². The van der Waals surface area contributed by atoms with Crippen LogP contribution < -0.4 is 5.32 Å². The Balaban J connectivity index is 1.70. The van der Waals surface area contributed by atoms with Gasteiger partial charge in [-0.15, -0.1) is 10.2 Å². The highest BCUT2D eigenvalue weighted by atomic mass is 32.1. The van der Waals surface area contributed by atoms with Crippen LogP contribution in [0, 0.1) is 0 Å². The highest BCUT2D eigenvalue weighted by Gasteiger charge is 2.29. The molecule has 20 heavy (non-hydrogen) atoms. The molecule has 0 spiro atoms. The summed E-state index contributed by atoms with van der Waals surface area (Å²) in [4.78, 5) is 16.1. The number of amides is 1. The van der Waals surface area contributed by atoms with E-state index in [9.17, 15) is 4.79 Å². The molecule has 1 aliphatic carbocycles. The van der Waals surface area contributed by atoms with Crippen molar-refractivity contribution < 1.29 is 9.21 Å². The molecule has 0 bridgehead atoms. The van der Waals surface area contributed by atoms with Crippen LogP contribution in [0.1, 0.15) is 61.0 Å². The molecule has 2 heterocycles. The third-order valence-electron chi connectivity index (χ3n) is 2.96. The van der Waals surface area contributed by atoms with E-state index in [0.29, 0.717) is 16.9 Å². The van der Waals surface area contributed by atoms with Gasteiger partial charge >= 0.3 is 0 Å². The topological polar surface area (TPSA) is 80.9 Å². The molecule has 1 saturated carbocycles. The van der Waals surface area contributed by atoms with Crippen LogP contribution in [0.25, 0.3) is 0 Å². The van der Waals surface area contributed by atoms with Crippen LogP contribution in [0.3, 0.4) is 0 Å². The normalized spacial score (nSPS) is 15.3. The van der Waals surface area contributed by atoms with Crippen molar-refractivity contribution in [3.05, 3.63) is 22.9 Å². The summed E-state index contributed by atoms with van der Waals surface area (Å²) >= 11 is 1.37. The summed E-state index contributed by atoms with van der Waals surface area (Å²) in [7, 11) is 0. The van der Waals surface area contributed by atoms with Gasteiger partial charge in [-0.25, -0.2) is 4.98 Å². The molecule has 2 aromatic heterocycles. The molecule has 1 N–H and O–H groups in total. The lowest BCUT2D eigenvalue weighted by Crippen LogP contribution is -2.10. The minimum atomic E-state index is -0.332.